The summed E-state index contributed by atoms with van der Waals surface area (Å²) in [5.41, 5.74) is 5.92. The third-order valence-corrected chi connectivity index (χ3v) is 4.70. The molecule has 0 aromatic carbocycles. The predicted octanol–water partition coefficient (Wildman–Crippen LogP) is 0.711. The Hall–Kier alpha value is -1.83. The second-order valence-electron chi connectivity index (χ2n) is 5.65. The number of thiazole rings is 1. The van der Waals surface area contributed by atoms with Gasteiger partial charge in [-0.3, -0.25) is 4.79 Å². The van der Waals surface area contributed by atoms with Gasteiger partial charge >= 0.3 is 6.09 Å². The molecule has 1 unspecified atom stereocenters. The molecule has 7 nitrogen and oxygen atoms in total. The number of likely N-dealkylation sites (N-methyl/N-ethyl adjacent to an activating group) is 1. The summed E-state index contributed by atoms with van der Waals surface area (Å²) in [6.07, 6.45) is 1.40. The van der Waals surface area contributed by atoms with Crippen LogP contribution in [0, 0.1) is 0 Å². The average molecular weight is 310 g/mol. The zero-order valence-electron chi connectivity index (χ0n) is 11.9. The van der Waals surface area contributed by atoms with Gasteiger partial charge in [-0.25, -0.2) is 9.78 Å². The minimum absolute atomic E-state index is 0.0732. The maximum atomic E-state index is 12.2. The first kappa shape index (κ1) is 14.1. The van der Waals surface area contributed by atoms with Gasteiger partial charge in [-0.1, -0.05) is 0 Å². The summed E-state index contributed by atoms with van der Waals surface area (Å²) in [5, 5.41) is 2.40. The Morgan fingerprint density at radius 2 is 2.38 bits per heavy atom. The first-order chi connectivity index (χ1) is 9.97. The number of likely N-dealkylation sites (tertiary alicyclic amines) is 1. The summed E-state index contributed by atoms with van der Waals surface area (Å²) >= 11 is 1.38. The fraction of sp³-hybridized carbons (Fsp3) is 0.615. The number of aromatic nitrogens is 1. The molecule has 2 amide bonds. The Kier molecular flexibility index (Phi) is 3.48. The van der Waals surface area contributed by atoms with Crippen molar-refractivity contribution in [2.24, 2.45) is 0 Å². The van der Waals surface area contributed by atoms with Crippen LogP contribution in [0.15, 0.2) is 5.38 Å². The molecule has 21 heavy (non-hydrogen) atoms. The maximum absolute atomic E-state index is 12.2. The smallest absolute Gasteiger partial charge is 0.410 e. The van der Waals surface area contributed by atoms with Gasteiger partial charge in [0.2, 0.25) is 5.91 Å². The lowest BCUT2D eigenvalue weighted by molar-refractivity contribution is -0.130. The van der Waals surface area contributed by atoms with Crippen LogP contribution < -0.4 is 5.73 Å². The van der Waals surface area contributed by atoms with Gasteiger partial charge in [0.25, 0.3) is 0 Å². The number of amides is 2. The largest absolute Gasteiger partial charge is 0.439 e. The van der Waals surface area contributed by atoms with E-state index in [2.05, 4.69) is 4.98 Å². The number of hydrogen-bond donors (Lipinski definition) is 1. The summed E-state index contributed by atoms with van der Waals surface area (Å²) in [5.74, 6) is 0.0732. The molecular weight excluding hydrogens is 292 g/mol. The molecule has 0 bridgehead atoms. The van der Waals surface area contributed by atoms with Crippen molar-refractivity contribution < 1.29 is 14.3 Å². The highest BCUT2D eigenvalue weighted by atomic mass is 32.1. The van der Waals surface area contributed by atoms with E-state index >= 15 is 0 Å². The van der Waals surface area contributed by atoms with Crippen molar-refractivity contribution >= 4 is 28.5 Å². The highest BCUT2D eigenvalue weighted by molar-refractivity contribution is 7.13. The van der Waals surface area contributed by atoms with E-state index in [0.29, 0.717) is 44.0 Å². The summed E-state index contributed by atoms with van der Waals surface area (Å²) in [4.78, 5) is 31.2. The Morgan fingerprint density at radius 3 is 3.00 bits per heavy atom. The van der Waals surface area contributed by atoms with Gasteiger partial charge in [-0.2, -0.15) is 0 Å². The predicted molar refractivity (Wildman–Crippen MR) is 77.9 cm³/mol. The Morgan fingerprint density at radius 1 is 1.57 bits per heavy atom. The summed E-state index contributed by atoms with van der Waals surface area (Å²) < 4.78 is 5.43. The van der Waals surface area contributed by atoms with Gasteiger partial charge in [0, 0.05) is 31.8 Å². The molecule has 2 N–H and O–H groups in total. The highest BCUT2D eigenvalue weighted by Gasteiger charge is 2.49. The Labute approximate surface area is 126 Å². The van der Waals surface area contributed by atoms with Gasteiger partial charge in [0.05, 0.1) is 18.8 Å². The molecule has 8 heteroatoms. The third kappa shape index (κ3) is 2.80. The molecule has 1 atom stereocenters. The molecule has 0 radical (unpaired) electrons. The van der Waals surface area contributed by atoms with Crippen molar-refractivity contribution in [3.05, 3.63) is 11.1 Å². The quantitative estimate of drug-likeness (QED) is 0.888. The number of rotatable bonds is 3. The zero-order valence-corrected chi connectivity index (χ0v) is 12.7. The molecule has 2 fully saturated rings. The number of hydrogen-bond acceptors (Lipinski definition) is 6. The van der Waals surface area contributed by atoms with Gasteiger partial charge in [0.1, 0.15) is 0 Å². The number of nitrogens with two attached hydrogens (primary N) is 1. The molecule has 2 aliphatic heterocycles. The molecule has 2 aliphatic rings. The standard InChI is InChI=1S/C13H18N4O3S/c1-16-7-13(20-12(16)19)4-5-17(8-13)10(18)3-2-9-6-21-11(14)15-9/h6H,2-5,7-8H2,1H3,(H2,14,15). The number of carbonyl (C=O) groups is 2. The fourth-order valence-electron chi connectivity index (χ4n) is 2.89. The summed E-state index contributed by atoms with van der Waals surface area (Å²) in [7, 11) is 1.72. The maximum Gasteiger partial charge on any atom is 0.410 e. The van der Waals surface area contributed by atoms with Gasteiger partial charge in [0.15, 0.2) is 10.7 Å². The second-order valence-corrected chi connectivity index (χ2v) is 6.54. The van der Waals surface area contributed by atoms with E-state index in [-0.39, 0.29) is 12.0 Å². The summed E-state index contributed by atoms with van der Waals surface area (Å²) in [6, 6.07) is 0. The second kappa shape index (κ2) is 5.18. The highest BCUT2D eigenvalue weighted by Crippen LogP contribution is 2.32. The molecule has 0 aliphatic carbocycles. The molecule has 0 saturated carbocycles. The van der Waals surface area contributed by atoms with E-state index < -0.39 is 5.60 Å². The molecule has 1 spiro atoms. The number of ether oxygens (including phenoxy) is 1. The van der Waals surface area contributed by atoms with Crippen LogP contribution >= 0.6 is 11.3 Å². The van der Waals surface area contributed by atoms with E-state index in [9.17, 15) is 9.59 Å². The number of nitrogen functional groups attached to an aromatic ring is 1. The van der Waals surface area contributed by atoms with Crippen LogP contribution in [0.1, 0.15) is 18.5 Å². The molecule has 114 valence electrons. The lowest BCUT2D eigenvalue weighted by Crippen LogP contribution is -2.39. The topological polar surface area (TPSA) is 88.8 Å². The van der Waals surface area contributed by atoms with Crippen LogP contribution in [0.5, 0.6) is 0 Å². The van der Waals surface area contributed by atoms with E-state index in [1.807, 2.05) is 5.38 Å². The van der Waals surface area contributed by atoms with Gasteiger partial charge in [-0.15, -0.1) is 11.3 Å². The van der Waals surface area contributed by atoms with Crippen molar-refractivity contribution in [1.82, 2.24) is 14.8 Å². The van der Waals surface area contributed by atoms with Gasteiger partial charge in [-0.05, 0) is 6.42 Å². The molecule has 2 saturated heterocycles. The summed E-state index contributed by atoms with van der Waals surface area (Å²) in [6.45, 7) is 1.68. The SMILES string of the molecule is CN1CC2(CCN(C(=O)CCc3csc(N)n3)C2)OC1=O. The molecular formula is C13H18N4O3S. The van der Waals surface area contributed by atoms with E-state index in [0.717, 1.165) is 5.69 Å². The number of aryl methyl sites for hydroxylation is 1. The fourth-order valence-corrected chi connectivity index (χ4v) is 3.49. The monoisotopic (exact) mass is 310 g/mol. The zero-order chi connectivity index (χ0) is 15.0. The molecule has 3 heterocycles. The number of nitrogens with zero attached hydrogens (tertiary/aromatic N) is 3. The lowest BCUT2D eigenvalue weighted by atomic mass is 10.0. The number of carbonyl (C=O) groups excluding carboxylic acids is 2. The Bertz CT molecular complexity index is 576. The van der Waals surface area contributed by atoms with Crippen molar-refractivity contribution in [3.63, 3.8) is 0 Å². The Balaban J connectivity index is 1.54. The van der Waals surface area contributed by atoms with Crippen LogP contribution in [-0.4, -0.2) is 59.1 Å². The van der Waals surface area contributed by atoms with E-state index in [1.54, 1.807) is 16.8 Å². The number of anilines is 1. The molecule has 1 aromatic rings. The van der Waals surface area contributed by atoms with Crippen LogP contribution in [0.3, 0.4) is 0 Å². The first-order valence-corrected chi connectivity index (χ1v) is 7.77. The minimum atomic E-state index is -0.507. The van der Waals surface area contributed by atoms with Crippen molar-refractivity contribution in [2.45, 2.75) is 24.9 Å². The van der Waals surface area contributed by atoms with Crippen molar-refractivity contribution in [1.29, 1.82) is 0 Å². The van der Waals surface area contributed by atoms with Crippen LogP contribution in [0.2, 0.25) is 0 Å². The van der Waals surface area contributed by atoms with Crippen LogP contribution in [-0.2, 0) is 16.0 Å². The minimum Gasteiger partial charge on any atom is -0.439 e. The third-order valence-electron chi connectivity index (χ3n) is 3.97. The van der Waals surface area contributed by atoms with Crippen molar-refractivity contribution in [2.75, 3.05) is 32.4 Å². The molecule has 3 rings (SSSR count). The van der Waals surface area contributed by atoms with Crippen molar-refractivity contribution in [3.8, 4) is 0 Å². The van der Waals surface area contributed by atoms with E-state index in [4.69, 9.17) is 10.5 Å². The average Bonchev–Trinajstić information content (AvgIpc) is 3.09. The van der Waals surface area contributed by atoms with Crippen LogP contribution in [0.25, 0.3) is 0 Å². The lowest BCUT2D eigenvalue weighted by Gasteiger charge is -2.21. The first-order valence-electron chi connectivity index (χ1n) is 6.89. The van der Waals surface area contributed by atoms with Crippen LogP contribution in [0.4, 0.5) is 9.93 Å². The van der Waals surface area contributed by atoms with Gasteiger partial charge < -0.3 is 20.3 Å². The molecule has 1 aromatic heterocycles. The normalized spacial score (nSPS) is 24.9. The van der Waals surface area contributed by atoms with E-state index in [1.165, 1.54) is 11.3 Å².